The van der Waals surface area contributed by atoms with Crippen LogP contribution in [-0.2, 0) is 16.0 Å². The summed E-state index contributed by atoms with van der Waals surface area (Å²) in [5.74, 6) is -6.56. The number of ketones is 2. The number of aromatic hydroxyl groups is 1. The van der Waals surface area contributed by atoms with Crippen LogP contribution in [0.2, 0.25) is 0 Å². The van der Waals surface area contributed by atoms with E-state index in [1.807, 2.05) is 0 Å². The highest BCUT2D eigenvalue weighted by Gasteiger charge is 2.63. The second-order valence-electron chi connectivity index (χ2n) is 8.38. The first-order chi connectivity index (χ1) is 14.4. The molecule has 0 radical (unpaired) electrons. The van der Waals surface area contributed by atoms with Gasteiger partial charge in [-0.25, -0.2) is 0 Å². The number of allylic oxidation sites excluding steroid dienone is 1. The van der Waals surface area contributed by atoms with Crippen molar-refractivity contribution in [1.82, 2.24) is 4.90 Å². The van der Waals surface area contributed by atoms with Gasteiger partial charge in [0.15, 0.2) is 11.4 Å². The number of carbonyl (C=O) groups excluding carboxylic acids is 3. The third kappa shape index (κ3) is 2.71. The number of hydrogen-bond acceptors (Lipinski definition) is 8. The second-order valence-corrected chi connectivity index (χ2v) is 9.24. The molecule has 6 N–H and O–H groups in total. The van der Waals surface area contributed by atoms with Crippen molar-refractivity contribution in [3.8, 4) is 5.75 Å². The zero-order valence-corrected chi connectivity index (χ0v) is 18.3. The SMILES string of the molecule is CN(C)[C@@H]1C(O)=C(C(N)=O)C(=O)[C@@]2(O)C(O)=C3C(=O)c4c(O)ccc(Br)c4C[C@H]3C[C@@H]12. The molecule has 0 bridgehead atoms. The van der Waals surface area contributed by atoms with Gasteiger partial charge < -0.3 is 26.2 Å². The lowest BCUT2D eigenvalue weighted by atomic mass is 9.58. The number of Topliss-reactive ketones (excluding diaryl/α,β-unsaturated/α-hetero) is 2. The maximum absolute atomic E-state index is 13.3. The van der Waals surface area contributed by atoms with Crippen LogP contribution in [0.4, 0.5) is 0 Å². The number of likely N-dealkylation sites (N-methyl/N-ethyl adjacent to an activating group) is 1. The van der Waals surface area contributed by atoms with E-state index in [4.69, 9.17) is 5.73 Å². The third-order valence-corrected chi connectivity index (χ3v) is 7.29. The summed E-state index contributed by atoms with van der Waals surface area (Å²) in [6.45, 7) is 0. The zero-order chi connectivity index (χ0) is 23.0. The lowest BCUT2D eigenvalue weighted by Crippen LogP contribution is -2.63. The maximum Gasteiger partial charge on any atom is 0.255 e. The van der Waals surface area contributed by atoms with Crippen LogP contribution in [0.3, 0.4) is 0 Å². The van der Waals surface area contributed by atoms with Crippen molar-refractivity contribution in [2.75, 3.05) is 14.1 Å². The summed E-state index contributed by atoms with van der Waals surface area (Å²) in [4.78, 5) is 39.8. The Hall–Kier alpha value is -2.69. The molecular weight excluding hydrogens is 472 g/mol. The molecule has 4 atom stereocenters. The van der Waals surface area contributed by atoms with E-state index < -0.39 is 58.0 Å². The number of nitrogens with zero attached hydrogens (tertiary/aromatic N) is 1. The van der Waals surface area contributed by atoms with Gasteiger partial charge in [-0.05, 0) is 50.6 Å². The predicted octanol–water partition coefficient (Wildman–Crippen LogP) is 0.883. The fourth-order valence-corrected chi connectivity index (χ4v) is 5.71. The topological polar surface area (TPSA) is 161 Å². The van der Waals surface area contributed by atoms with E-state index in [0.717, 1.165) is 0 Å². The van der Waals surface area contributed by atoms with Gasteiger partial charge in [0.1, 0.15) is 22.8 Å². The summed E-state index contributed by atoms with van der Waals surface area (Å²) in [6.07, 6.45) is 0.317. The molecule has 0 aromatic heterocycles. The second kappa shape index (κ2) is 6.91. The van der Waals surface area contributed by atoms with Gasteiger partial charge in [-0.3, -0.25) is 19.3 Å². The Labute approximate surface area is 185 Å². The molecule has 0 spiro atoms. The molecule has 1 amide bonds. The van der Waals surface area contributed by atoms with E-state index in [1.54, 1.807) is 20.2 Å². The van der Waals surface area contributed by atoms with Crippen molar-refractivity contribution in [3.63, 3.8) is 0 Å². The number of fused-ring (bicyclic) bond motifs is 3. The van der Waals surface area contributed by atoms with Crippen molar-refractivity contribution < 1.29 is 34.8 Å². The van der Waals surface area contributed by atoms with Crippen LogP contribution in [0, 0.1) is 11.8 Å². The lowest BCUT2D eigenvalue weighted by Gasteiger charge is -2.50. The first kappa shape index (κ1) is 21.5. The standard InChI is InChI=1S/C21H21BrN2O7/c1-24(2)15-9-6-7-5-8-10(22)3-4-11(25)13(8)16(26)12(7)18(28)21(9,31)19(29)14(17(15)27)20(23)30/h3-4,7,9,15,25,27-28,31H,5-6H2,1-2H3,(H2,23,30)/t7-,9-,15-,21-/m0/s1. The number of hydrogen-bond donors (Lipinski definition) is 5. The van der Waals surface area contributed by atoms with E-state index in [9.17, 15) is 34.8 Å². The first-order valence-corrected chi connectivity index (χ1v) is 10.4. The van der Waals surface area contributed by atoms with Gasteiger partial charge in [-0.2, -0.15) is 0 Å². The lowest BCUT2D eigenvalue weighted by molar-refractivity contribution is -0.148. The Morgan fingerprint density at radius 1 is 1.23 bits per heavy atom. The molecule has 0 fully saturated rings. The van der Waals surface area contributed by atoms with E-state index in [2.05, 4.69) is 15.9 Å². The summed E-state index contributed by atoms with van der Waals surface area (Å²) < 4.78 is 0.607. The summed E-state index contributed by atoms with van der Waals surface area (Å²) in [6, 6.07) is 1.94. The normalized spacial score (nSPS) is 30.3. The number of nitrogens with two attached hydrogens (primary N) is 1. The van der Waals surface area contributed by atoms with Crippen LogP contribution in [-0.4, -0.2) is 68.5 Å². The number of benzene rings is 1. The minimum atomic E-state index is -2.62. The smallest absolute Gasteiger partial charge is 0.255 e. The van der Waals surface area contributed by atoms with Gasteiger partial charge in [0.25, 0.3) is 5.91 Å². The fraction of sp³-hybridized carbons (Fsp3) is 0.381. The average molecular weight is 493 g/mol. The Balaban J connectivity index is 1.98. The third-order valence-electron chi connectivity index (χ3n) is 6.55. The van der Waals surface area contributed by atoms with Crippen molar-refractivity contribution in [2.45, 2.75) is 24.5 Å². The summed E-state index contributed by atoms with van der Waals surface area (Å²) in [5.41, 5.74) is 2.21. The maximum atomic E-state index is 13.3. The Morgan fingerprint density at radius 2 is 1.87 bits per heavy atom. The molecular formula is C21H21BrN2O7. The number of rotatable bonds is 2. The van der Waals surface area contributed by atoms with E-state index >= 15 is 0 Å². The number of halogens is 1. The van der Waals surface area contributed by atoms with Crippen molar-refractivity contribution in [3.05, 3.63) is 50.4 Å². The monoisotopic (exact) mass is 492 g/mol. The quantitative estimate of drug-likeness (QED) is 0.380. The van der Waals surface area contributed by atoms with Crippen LogP contribution >= 0.6 is 15.9 Å². The van der Waals surface area contributed by atoms with Crippen LogP contribution in [0.1, 0.15) is 22.3 Å². The van der Waals surface area contributed by atoms with Gasteiger partial charge in [-0.1, -0.05) is 15.9 Å². The van der Waals surface area contributed by atoms with Gasteiger partial charge in [-0.15, -0.1) is 0 Å². The molecule has 1 aromatic carbocycles. The number of amides is 1. The Bertz CT molecular complexity index is 1120. The fourth-order valence-electron chi connectivity index (χ4n) is 5.21. The van der Waals surface area contributed by atoms with Gasteiger partial charge in [0, 0.05) is 16.0 Å². The highest BCUT2D eigenvalue weighted by molar-refractivity contribution is 9.10. The van der Waals surface area contributed by atoms with Gasteiger partial charge in [0.05, 0.1) is 11.6 Å². The minimum absolute atomic E-state index is 0.0184. The summed E-state index contributed by atoms with van der Waals surface area (Å²) in [5, 5.41) is 43.5. The zero-order valence-electron chi connectivity index (χ0n) is 16.7. The average Bonchev–Trinajstić information content (AvgIpc) is 2.67. The van der Waals surface area contributed by atoms with E-state index in [-0.39, 0.29) is 29.7 Å². The summed E-state index contributed by atoms with van der Waals surface area (Å²) >= 11 is 3.38. The van der Waals surface area contributed by atoms with Crippen LogP contribution in [0.5, 0.6) is 5.75 Å². The van der Waals surface area contributed by atoms with Crippen molar-refractivity contribution >= 4 is 33.4 Å². The minimum Gasteiger partial charge on any atom is -0.510 e. The molecule has 0 aliphatic heterocycles. The van der Waals surface area contributed by atoms with Crippen LogP contribution < -0.4 is 5.73 Å². The molecule has 1 aromatic rings. The molecule has 0 unspecified atom stereocenters. The van der Waals surface area contributed by atoms with Gasteiger partial charge >= 0.3 is 0 Å². The molecule has 0 saturated carbocycles. The largest absolute Gasteiger partial charge is 0.510 e. The van der Waals surface area contributed by atoms with Crippen LogP contribution in [0.25, 0.3) is 0 Å². The Kier molecular flexibility index (Phi) is 4.80. The number of aliphatic hydroxyl groups is 3. The molecule has 3 aliphatic carbocycles. The molecule has 0 heterocycles. The molecule has 0 saturated heterocycles. The highest BCUT2D eigenvalue weighted by atomic mass is 79.9. The van der Waals surface area contributed by atoms with Crippen LogP contribution in [0.15, 0.2) is 39.3 Å². The van der Waals surface area contributed by atoms with Crippen molar-refractivity contribution in [1.29, 1.82) is 0 Å². The molecule has 9 nitrogen and oxygen atoms in total. The van der Waals surface area contributed by atoms with Crippen molar-refractivity contribution in [2.24, 2.45) is 17.6 Å². The number of primary amides is 1. The predicted molar refractivity (Wildman–Crippen MR) is 111 cm³/mol. The molecule has 164 valence electrons. The number of phenols is 1. The van der Waals surface area contributed by atoms with E-state index in [1.165, 1.54) is 11.0 Å². The number of phenolic OH excluding ortho intramolecular Hbond substituents is 1. The highest BCUT2D eigenvalue weighted by Crippen LogP contribution is 2.52. The molecule has 31 heavy (non-hydrogen) atoms. The summed E-state index contributed by atoms with van der Waals surface area (Å²) in [7, 11) is 3.17. The number of carbonyl (C=O) groups is 3. The number of aliphatic hydroxyl groups excluding tert-OH is 2. The molecule has 4 rings (SSSR count). The Morgan fingerprint density at radius 3 is 2.45 bits per heavy atom. The molecule has 10 heteroatoms. The first-order valence-electron chi connectivity index (χ1n) is 9.58. The van der Waals surface area contributed by atoms with E-state index in [0.29, 0.717) is 10.0 Å². The van der Waals surface area contributed by atoms with Gasteiger partial charge in [0.2, 0.25) is 5.78 Å². The molecule has 3 aliphatic rings.